The Morgan fingerprint density at radius 1 is 1.03 bits per heavy atom. The van der Waals surface area contributed by atoms with Gasteiger partial charge >= 0.3 is 0 Å². The molecule has 150 valence electrons. The van der Waals surface area contributed by atoms with Crippen LogP contribution in [0.15, 0.2) is 48.7 Å². The zero-order valence-corrected chi connectivity index (χ0v) is 17.4. The van der Waals surface area contributed by atoms with Gasteiger partial charge < -0.3 is 9.80 Å². The van der Waals surface area contributed by atoms with E-state index in [0.717, 1.165) is 35.9 Å². The smallest absolute Gasteiger partial charge is 0.257 e. The summed E-state index contributed by atoms with van der Waals surface area (Å²) in [5.41, 5.74) is 3.32. The Bertz CT molecular complexity index is 1010. The molecule has 0 radical (unpaired) electrons. The van der Waals surface area contributed by atoms with Crippen molar-refractivity contribution >= 4 is 23.3 Å². The SMILES string of the molecule is Cc1nn(Cc2ccccc2Cl)c(C)c1C(=O)N1CCN(c2ccccn2)CC1. The highest BCUT2D eigenvalue weighted by molar-refractivity contribution is 6.31. The maximum atomic E-state index is 13.2. The number of carbonyl (C=O) groups excluding carboxylic acids is 1. The van der Waals surface area contributed by atoms with Gasteiger partial charge in [-0.2, -0.15) is 5.10 Å². The molecule has 6 nitrogen and oxygen atoms in total. The van der Waals surface area contributed by atoms with E-state index in [1.54, 1.807) is 6.20 Å². The quantitative estimate of drug-likeness (QED) is 0.661. The molecule has 1 aliphatic heterocycles. The zero-order valence-electron chi connectivity index (χ0n) is 16.7. The summed E-state index contributed by atoms with van der Waals surface area (Å²) in [4.78, 5) is 21.8. The Hall–Kier alpha value is -2.86. The topological polar surface area (TPSA) is 54.3 Å². The van der Waals surface area contributed by atoms with E-state index in [0.29, 0.717) is 30.2 Å². The van der Waals surface area contributed by atoms with Gasteiger partial charge in [-0.3, -0.25) is 9.48 Å². The minimum absolute atomic E-state index is 0.0473. The van der Waals surface area contributed by atoms with Crippen LogP contribution in [0.4, 0.5) is 5.82 Å². The average Bonchev–Trinajstić information content (AvgIpc) is 3.03. The zero-order chi connectivity index (χ0) is 20.4. The fourth-order valence-corrected chi connectivity index (χ4v) is 3.98. The molecule has 0 saturated carbocycles. The maximum absolute atomic E-state index is 13.2. The molecule has 29 heavy (non-hydrogen) atoms. The summed E-state index contributed by atoms with van der Waals surface area (Å²) in [5, 5.41) is 5.32. The van der Waals surface area contributed by atoms with E-state index in [1.807, 2.05) is 65.9 Å². The number of hydrogen-bond donors (Lipinski definition) is 0. The predicted molar refractivity (Wildman–Crippen MR) is 115 cm³/mol. The summed E-state index contributed by atoms with van der Waals surface area (Å²) in [6.45, 7) is 7.28. The van der Waals surface area contributed by atoms with Crippen LogP contribution in [-0.4, -0.2) is 51.8 Å². The molecule has 3 heterocycles. The number of pyridine rings is 1. The Morgan fingerprint density at radius 2 is 1.76 bits per heavy atom. The first-order valence-corrected chi connectivity index (χ1v) is 10.1. The number of hydrogen-bond acceptors (Lipinski definition) is 4. The number of aromatic nitrogens is 3. The standard InChI is InChI=1S/C22H24ClN5O/c1-16-21(17(2)28(25-16)15-18-7-3-4-8-19(18)23)22(29)27-13-11-26(12-14-27)20-9-5-6-10-24-20/h3-10H,11-15H2,1-2H3. The molecule has 7 heteroatoms. The highest BCUT2D eigenvalue weighted by Crippen LogP contribution is 2.22. The third-order valence-corrected chi connectivity index (χ3v) is 5.78. The molecule has 1 fully saturated rings. The monoisotopic (exact) mass is 409 g/mol. The highest BCUT2D eigenvalue weighted by atomic mass is 35.5. The number of benzene rings is 1. The number of carbonyl (C=O) groups is 1. The molecular weight excluding hydrogens is 386 g/mol. The van der Waals surface area contributed by atoms with Gasteiger partial charge in [-0.25, -0.2) is 4.98 Å². The molecule has 0 N–H and O–H groups in total. The summed E-state index contributed by atoms with van der Waals surface area (Å²) < 4.78 is 1.87. The van der Waals surface area contributed by atoms with Gasteiger partial charge in [0.2, 0.25) is 0 Å². The number of piperazine rings is 1. The highest BCUT2D eigenvalue weighted by Gasteiger charge is 2.27. The fraction of sp³-hybridized carbons (Fsp3) is 0.318. The normalized spacial score (nSPS) is 14.3. The van der Waals surface area contributed by atoms with Gasteiger partial charge in [0.25, 0.3) is 5.91 Å². The van der Waals surface area contributed by atoms with Crippen LogP contribution in [0.25, 0.3) is 0 Å². The van der Waals surface area contributed by atoms with Crippen molar-refractivity contribution in [2.24, 2.45) is 0 Å². The lowest BCUT2D eigenvalue weighted by Gasteiger charge is -2.35. The lowest BCUT2D eigenvalue weighted by atomic mass is 10.1. The van der Waals surface area contributed by atoms with Gasteiger partial charge in [0, 0.05) is 43.1 Å². The van der Waals surface area contributed by atoms with Crippen LogP contribution in [0.1, 0.15) is 27.3 Å². The van der Waals surface area contributed by atoms with E-state index in [1.165, 1.54) is 0 Å². The number of amides is 1. The Kier molecular flexibility index (Phi) is 5.53. The second-order valence-corrected chi connectivity index (χ2v) is 7.67. The van der Waals surface area contributed by atoms with Crippen LogP contribution in [0.2, 0.25) is 5.02 Å². The second kappa shape index (κ2) is 8.25. The largest absolute Gasteiger partial charge is 0.353 e. The van der Waals surface area contributed by atoms with Crippen LogP contribution < -0.4 is 4.90 Å². The van der Waals surface area contributed by atoms with Crippen molar-refractivity contribution in [2.75, 3.05) is 31.1 Å². The van der Waals surface area contributed by atoms with E-state index in [9.17, 15) is 4.79 Å². The molecule has 1 saturated heterocycles. The molecule has 1 aromatic carbocycles. The van der Waals surface area contributed by atoms with Crippen LogP contribution >= 0.6 is 11.6 Å². The van der Waals surface area contributed by atoms with Crippen molar-refractivity contribution in [3.8, 4) is 0 Å². The molecule has 4 rings (SSSR count). The summed E-state index contributed by atoms with van der Waals surface area (Å²) >= 11 is 6.30. The van der Waals surface area contributed by atoms with E-state index < -0.39 is 0 Å². The van der Waals surface area contributed by atoms with Gasteiger partial charge in [0.1, 0.15) is 5.82 Å². The van der Waals surface area contributed by atoms with Crippen molar-refractivity contribution in [3.05, 3.63) is 76.2 Å². The molecule has 1 aliphatic rings. The van der Waals surface area contributed by atoms with Gasteiger partial charge in [-0.15, -0.1) is 0 Å². The number of rotatable bonds is 4. The first kappa shape index (κ1) is 19.5. The molecule has 3 aromatic rings. The second-order valence-electron chi connectivity index (χ2n) is 7.26. The first-order chi connectivity index (χ1) is 14.0. The predicted octanol–water partition coefficient (Wildman–Crippen LogP) is 3.56. The van der Waals surface area contributed by atoms with E-state index in [2.05, 4.69) is 15.0 Å². The van der Waals surface area contributed by atoms with Crippen molar-refractivity contribution in [2.45, 2.75) is 20.4 Å². The Morgan fingerprint density at radius 3 is 2.45 bits per heavy atom. The lowest BCUT2D eigenvalue weighted by Crippen LogP contribution is -2.49. The van der Waals surface area contributed by atoms with Gasteiger partial charge in [-0.05, 0) is 37.6 Å². The van der Waals surface area contributed by atoms with Gasteiger partial charge in [0.15, 0.2) is 0 Å². The first-order valence-electron chi connectivity index (χ1n) is 9.77. The molecule has 1 amide bonds. The third-order valence-electron chi connectivity index (χ3n) is 5.41. The molecule has 0 atom stereocenters. The molecular formula is C22H24ClN5O. The molecule has 0 bridgehead atoms. The number of nitrogens with zero attached hydrogens (tertiary/aromatic N) is 5. The molecule has 0 unspecified atom stereocenters. The summed E-state index contributed by atoms with van der Waals surface area (Å²) in [6.07, 6.45) is 1.80. The van der Waals surface area contributed by atoms with Crippen molar-refractivity contribution in [1.82, 2.24) is 19.7 Å². The Labute approximate surface area is 175 Å². The minimum atomic E-state index is 0.0473. The van der Waals surface area contributed by atoms with E-state index >= 15 is 0 Å². The summed E-state index contributed by atoms with van der Waals surface area (Å²) in [7, 11) is 0. The number of halogens is 1. The third kappa shape index (κ3) is 3.98. The maximum Gasteiger partial charge on any atom is 0.257 e. The number of anilines is 1. The lowest BCUT2D eigenvalue weighted by molar-refractivity contribution is 0.0745. The van der Waals surface area contributed by atoms with E-state index in [4.69, 9.17) is 11.6 Å². The van der Waals surface area contributed by atoms with Crippen LogP contribution in [0.3, 0.4) is 0 Å². The van der Waals surface area contributed by atoms with Crippen LogP contribution in [-0.2, 0) is 6.54 Å². The van der Waals surface area contributed by atoms with Gasteiger partial charge in [0.05, 0.1) is 17.8 Å². The molecule has 0 aliphatic carbocycles. The van der Waals surface area contributed by atoms with Crippen molar-refractivity contribution in [3.63, 3.8) is 0 Å². The van der Waals surface area contributed by atoms with Gasteiger partial charge in [-0.1, -0.05) is 35.9 Å². The summed E-state index contributed by atoms with van der Waals surface area (Å²) in [5.74, 6) is 1.01. The summed E-state index contributed by atoms with van der Waals surface area (Å²) in [6, 6.07) is 13.6. The van der Waals surface area contributed by atoms with Crippen LogP contribution in [0, 0.1) is 13.8 Å². The fourth-order valence-electron chi connectivity index (χ4n) is 3.79. The van der Waals surface area contributed by atoms with Crippen LogP contribution in [0.5, 0.6) is 0 Å². The molecule has 0 spiro atoms. The van der Waals surface area contributed by atoms with Crippen molar-refractivity contribution < 1.29 is 4.79 Å². The minimum Gasteiger partial charge on any atom is -0.353 e. The van der Waals surface area contributed by atoms with Crippen molar-refractivity contribution in [1.29, 1.82) is 0 Å². The average molecular weight is 410 g/mol. The van der Waals surface area contributed by atoms with E-state index in [-0.39, 0.29) is 5.91 Å². The Balaban J connectivity index is 1.48. The number of aryl methyl sites for hydroxylation is 1. The molecule has 2 aromatic heterocycles.